The molecule has 0 bridgehead atoms. The van der Waals surface area contributed by atoms with Gasteiger partial charge in [0.05, 0.1) is 18.4 Å². The molecule has 0 fully saturated rings. The summed E-state index contributed by atoms with van der Waals surface area (Å²) in [5.74, 6) is -0.405. The number of nitrogens with one attached hydrogen (secondary N) is 2. The number of ether oxygens (including phenoxy) is 1. The molecule has 8 heteroatoms. The van der Waals surface area contributed by atoms with Gasteiger partial charge in [-0.05, 0) is 48.7 Å². The number of hydrogen-bond donors (Lipinski definition) is 3. The average molecular weight is 392 g/mol. The quantitative estimate of drug-likeness (QED) is 0.574. The first kappa shape index (κ1) is 20.7. The molecule has 0 aromatic heterocycles. The van der Waals surface area contributed by atoms with Gasteiger partial charge in [-0.2, -0.15) is 0 Å². The monoisotopic (exact) mass is 392 g/mol. The molecule has 0 saturated carbocycles. The molecule has 0 radical (unpaired) electrons. The van der Waals surface area contributed by atoms with Gasteiger partial charge >= 0.3 is 5.97 Å². The fourth-order valence-corrected chi connectivity index (χ4v) is 3.81. The largest absolute Gasteiger partial charge is 0.497 e. The molecular weight excluding hydrogens is 368 g/mol. The van der Waals surface area contributed by atoms with E-state index >= 15 is 0 Å². The SMILES string of the molecule is CCCNS(=O)(=O)c1cc(C(=O)O)ccc1NCCc1ccc(OC)cc1. The summed E-state index contributed by atoms with van der Waals surface area (Å²) in [6.07, 6.45) is 1.31. The molecule has 146 valence electrons. The number of carbonyl (C=O) groups is 1. The Morgan fingerprint density at radius 3 is 2.41 bits per heavy atom. The summed E-state index contributed by atoms with van der Waals surface area (Å²) in [5.41, 5.74) is 1.36. The number of benzene rings is 2. The van der Waals surface area contributed by atoms with E-state index in [1.165, 1.54) is 18.2 Å². The highest BCUT2D eigenvalue weighted by molar-refractivity contribution is 7.89. The van der Waals surface area contributed by atoms with E-state index in [0.29, 0.717) is 25.1 Å². The van der Waals surface area contributed by atoms with Crippen molar-refractivity contribution in [3.05, 3.63) is 53.6 Å². The van der Waals surface area contributed by atoms with Gasteiger partial charge in [-0.25, -0.2) is 17.9 Å². The van der Waals surface area contributed by atoms with E-state index in [0.717, 1.165) is 11.3 Å². The lowest BCUT2D eigenvalue weighted by atomic mass is 10.1. The highest BCUT2D eigenvalue weighted by Crippen LogP contribution is 2.23. The normalized spacial score (nSPS) is 11.2. The molecule has 0 amide bonds. The van der Waals surface area contributed by atoms with Gasteiger partial charge in [-0.15, -0.1) is 0 Å². The molecule has 0 aliphatic heterocycles. The van der Waals surface area contributed by atoms with Crippen molar-refractivity contribution >= 4 is 21.7 Å². The molecular formula is C19H24N2O5S. The smallest absolute Gasteiger partial charge is 0.335 e. The minimum Gasteiger partial charge on any atom is -0.497 e. The van der Waals surface area contributed by atoms with Crippen molar-refractivity contribution < 1.29 is 23.1 Å². The number of hydrogen-bond acceptors (Lipinski definition) is 5. The van der Waals surface area contributed by atoms with E-state index < -0.39 is 16.0 Å². The lowest BCUT2D eigenvalue weighted by Crippen LogP contribution is -2.26. The molecule has 7 nitrogen and oxygen atoms in total. The third-order valence-corrected chi connectivity index (χ3v) is 5.45. The summed E-state index contributed by atoms with van der Waals surface area (Å²) in [4.78, 5) is 11.1. The Bertz CT molecular complexity index is 879. The Balaban J connectivity index is 2.17. The molecule has 0 heterocycles. The average Bonchev–Trinajstić information content (AvgIpc) is 2.67. The van der Waals surface area contributed by atoms with Crippen LogP contribution in [-0.4, -0.2) is 39.7 Å². The van der Waals surface area contributed by atoms with Crippen molar-refractivity contribution in [2.24, 2.45) is 0 Å². The van der Waals surface area contributed by atoms with Gasteiger partial charge in [0, 0.05) is 13.1 Å². The predicted octanol–water partition coefficient (Wildman–Crippen LogP) is 2.74. The summed E-state index contributed by atoms with van der Waals surface area (Å²) in [7, 11) is -2.20. The standard InChI is InChI=1S/C19H24N2O5S/c1-3-11-21-27(24,25)18-13-15(19(22)23)6-9-17(18)20-12-10-14-4-7-16(26-2)8-5-14/h4-9,13,20-21H,3,10-12H2,1-2H3,(H,22,23). The number of sulfonamides is 1. The lowest BCUT2D eigenvalue weighted by molar-refractivity contribution is 0.0696. The highest BCUT2D eigenvalue weighted by Gasteiger charge is 2.20. The first-order valence-electron chi connectivity index (χ1n) is 8.61. The molecule has 0 aliphatic rings. The van der Waals surface area contributed by atoms with Crippen LogP contribution >= 0.6 is 0 Å². The molecule has 3 N–H and O–H groups in total. The van der Waals surface area contributed by atoms with E-state index in [4.69, 9.17) is 9.84 Å². The van der Waals surface area contributed by atoms with Gasteiger partial charge in [-0.3, -0.25) is 0 Å². The third-order valence-electron chi connectivity index (χ3n) is 3.95. The molecule has 2 aromatic rings. The van der Waals surface area contributed by atoms with Gasteiger partial charge in [0.15, 0.2) is 0 Å². The Morgan fingerprint density at radius 1 is 1.11 bits per heavy atom. The Morgan fingerprint density at radius 2 is 1.81 bits per heavy atom. The van der Waals surface area contributed by atoms with Crippen LogP contribution in [0.4, 0.5) is 5.69 Å². The minimum absolute atomic E-state index is 0.0643. The zero-order chi connectivity index (χ0) is 19.9. The minimum atomic E-state index is -3.81. The van der Waals surface area contributed by atoms with E-state index in [1.54, 1.807) is 7.11 Å². The van der Waals surface area contributed by atoms with Crippen LogP contribution in [0.5, 0.6) is 5.75 Å². The maximum Gasteiger partial charge on any atom is 0.335 e. The summed E-state index contributed by atoms with van der Waals surface area (Å²) >= 11 is 0. The number of carboxylic acid groups (broad SMARTS) is 1. The van der Waals surface area contributed by atoms with E-state index in [9.17, 15) is 13.2 Å². The number of rotatable bonds is 10. The van der Waals surface area contributed by atoms with Crippen LogP contribution in [0.3, 0.4) is 0 Å². The number of carboxylic acids is 1. The number of methoxy groups -OCH3 is 1. The summed E-state index contributed by atoms with van der Waals surface area (Å²) in [5, 5.41) is 12.3. The zero-order valence-corrected chi connectivity index (χ0v) is 16.2. The van der Waals surface area contributed by atoms with Crippen LogP contribution in [-0.2, 0) is 16.4 Å². The van der Waals surface area contributed by atoms with Crippen molar-refractivity contribution in [2.45, 2.75) is 24.7 Å². The van der Waals surface area contributed by atoms with Gasteiger partial charge in [-0.1, -0.05) is 19.1 Å². The Kier molecular flexibility index (Phi) is 7.20. The zero-order valence-electron chi connectivity index (χ0n) is 15.4. The maximum absolute atomic E-state index is 12.5. The molecule has 2 aromatic carbocycles. The van der Waals surface area contributed by atoms with Gasteiger partial charge in [0.2, 0.25) is 10.0 Å². The van der Waals surface area contributed by atoms with Crippen LogP contribution in [0.2, 0.25) is 0 Å². The number of anilines is 1. The molecule has 0 spiro atoms. The van der Waals surface area contributed by atoms with Crippen molar-refractivity contribution in [3.8, 4) is 5.75 Å². The van der Waals surface area contributed by atoms with Crippen LogP contribution in [0.1, 0.15) is 29.3 Å². The van der Waals surface area contributed by atoms with Crippen molar-refractivity contribution in [2.75, 3.05) is 25.5 Å². The summed E-state index contributed by atoms with van der Waals surface area (Å²) in [6, 6.07) is 11.6. The molecule has 0 aliphatic carbocycles. The van der Waals surface area contributed by atoms with Crippen molar-refractivity contribution in [3.63, 3.8) is 0 Å². The van der Waals surface area contributed by atoms with Crippen LogP contribution in [0.15, 0.2) is 47.4 Å². The summed E-state index contributed by atoms with van der Waals surface area (Å²) in [6.45, 7) is 2.63. The second-order valence-corrected chi connectivity index (χ2v) is 7.67. The van der Waals surface area contributed by atoms with Crippen LogP contribution < -0.4 is 14.8 Å². The fourth-order valence-electron chi connectivity index (χ4n) is 2.47. The van der Waals surface area contributed by atoms with Crippen molar-refractivity contribution in [1.82, 2.24) is 4.72 Å². The number of aromatic carboxylic acids is 1. The second kappa shape index (κ2) is 9.38. The van der Waals surface area contributed by atoms with E-state index in [1.807, 2.05) is 31.2 Å². The fraction of sp³-hybridized carbons (Fsp3) is 0.316. The lowest BCUT2D eigenvalue weighted by Gasteiger charge is -2.14. The van der Waals surface area contributed by atoms with Crippen LogP contribution in [0, 0.1) is 0 Å². The summed E-state index contributed by atoms with van der Waals surface area (Å²) < 4.78 is 32.7. The van der Waals surface area contributed by atoms with E-state index in [-0.39, 0.29) is 17.0 Å². The van der Waals surface area contributed by atoms with E-state index in [2.05, 4.69) is 10.0 Å². The first-order chi connectivity index (χ1) is 12.9. The van der Waals surface area contributed by atoms with Crippen molar-refractivity contribution in [1.29, 1.82) is 0 Å². The maximum atomic E-state index is 12.5. The third kappa shape index (κ3) is 5.70. The molecule has 0 atom stereocenters. The van der Waals surface area contributed by atoms with Gasteiger partial charge in [0.1, 0.15) is 10.6 Å². The molecule has 2 rings (SSSR count). The topological polar surface area (TPSA) is 105 Å². The predicted molar refractivity (Wildman–Crippen MR) is 104 cm³/mol. The Hall–Kier alpha value is -2.58. The molecule has 0 unspecified atom stereocenters. The van der Waals surface area contributed by atoms with Gasteiger partial charge in [0.25, 0.3) is 0 Å². The Labute approximate surface area is 159 Å². The molecule has 0 saturated heterocycles. The highest BCUT2D eigenvalue weighted by atomic mass is 32.2. The second-order valence-electron chi connectivity index (χ2n) is 5.94. The van der Waals surface area contributed by atoms with Crippen LogP contribution in [0.25, 0.3) is 0 Å². The first-order valence-corrected chi connectivity index (χ1v) is 10.1. The van der Waals surface area contributed by atoms with Gasteiger partial charge < -0.3 is 15.2 Å². The molecule has 27 heavy (non-hydrogen) atoms.